The molecule has 2 atom stereocenters. The smallest absolute Gasteiger partial charge is 0.462 e. The number of phosphoric acid groups is 1. The predicted molar refractivity (Wildman–Crippen MR) is 413 cm³/mol. The van der Waals surface area contributed by atoms with Gasteiger partial charge in [-0.15, -0.1) is 0 Å². The molecule has 0 aliphatic heterocycles. The summed E-state index contributed by atoms with van der Waals surface area (Å²) < 4.78 is 33.2. The second kappa shape index (κ2) is 78.6. The van der Waals surface area contributed by atoms with Crippen LogP contribution in [-0.2, 0) is 32.7 Å². The number of hydrogen-bond acceptors (Lipinski definition) is 8. The Hall–Kier alpha value is -4.37. The molecule has 3 N–H and O–H groups in total. The van der Waals surface area contributed by atoms with Crippen molar-refractivity contribution in [2.24, 2.45) is 5.73 Å². The first kappa shape index (κ1) is 90.6. The van der Waals surface area contributed by atoms with Crippen LogP contribution >= 0.6 is 7.82 Å². The number of carbonyl (C=O) groups is 2. The predicted octanol–water partition coefficient (Wildman–Crippen LogP) is 26.3. The average Bonchev–Trinajstić information content (AvgIpc) is 2.75. The first-order chi connectivity index (χ1) is 46.8. The van der Waals surface area contributed by atoms with Gasteiger partial charge in [-0.2, -0.15) is 0 Å². The molecule has 0 aromatic heterocycles. The standard InChI is InChI=1S/C85H144NO8P/c1-3-5-7-9-11-13-15-17-19-21-23-25-27-29-31-33-35-37-38-39-40-41-42-43-44-46-48-50-52-54-56-58-60-62-64-66-68-70-72-74-76-78-85(88)94-83(82-93-95(89,90)92-80-79-86)81-91-84(87)77-75-73-71-69-67-65-63-61-59-57-55-53-51-49-47-45-36-34-32-30-28-26-24-22-20-18-16-14-12-10-8-6-4-2/h5,7,11,13,17,19,22-25,29,31,35,37,39-40,42-43,46,48,52,54,58,60,64,66,83H,3-4,6,8-10,12,14-16,18,20-21,26-28,30,32-34,36,38,41,44-45,47,49-51,53,55-57,59,61-63,65,67-82,86H2,1-2H3,(H,89,90)/b7-5-,13-11-,19-17-,24-22-,25-23-,31-29-,37-35-,40-39-,43-42-,48-46-,54-52-,60-58-,66-64-. The maximum absolute atomic E-state index is 12.8. The number of esters is 2. The molecule has 0 bridgehead atoms. The van der Waals surface area contributed by atoms with Crippen LogP contribution in [0.25, 0.3) is 0 Å². The fourth-order valence-electron chi connectivity index (χ4n) is 10.7. The summed E-state index contributed by atoms with van der Waals surface area (Å²) in [6, 6.07) is 0. The summed E-state index contributed by atoms with van der Waals surface area (Å²) in [5.41, 5.74) is 5.41. The highest BCUT2D eigenvalue weighted by atomic mass is 31.2. The zero-order valence-corrected chi connectivity index (χ0v) is 62.0. The van der Waals surface area contributed by atoms with E-state index in [1.165, 1.54) is 180 Å². The lowest BCUT2D eigenvalue weighted by Gasteiger charge is -2.19. The van der Waals surface area contributed by atoms with Crippen molar-refractivity contribution in [3.8, 4) is 0 Å². The van der Waals surface area contributed by atoms with Crippen molar-refractivity contribution in [2.75, 3.05) is 26.4 Å². The monoisotopic (exact) mass is 1340 g/mol. The van der Waals surface area contributed by atoms with Gasteiger partial charge in [0.15, 0.2) is 6.10 Å². The van der Waals surface area contributed by atoms with Crippen LogP contribution in [-0.4, -0.2) is 49.3 Å². The van der Waals surface area contributed by atoms with Gasteiger partial charge in [-0.25, -0.2) is 4.57 Å². The number of phosphoric ester groups is 1. The van der Waals surface area contributed by atoms with Crippen LogP contribution in [0.1, 0.15) is 335 Å². The SMILES string of the molecule is CC/C=C\C/C=C\C/C=C\C/C=C\C/C=C\C/C=C\C/C=C\C/C=C\C/C=C\C/C=C\C/C=C\C/C=C\CCCCCCC(=O)OC(COC(=O)CCCCCCCCCCCCCCCCCCCCCCC/C=C\CCCCCCCCCC)COP(=O)(O)OCCN. The molecule has 0 aliphatic rings. The maximum Gasteiger partial charge on any atom is 0.472 e. The Labute approximate surface area is 585 Å². The Balaban J connectivity index is 3.95. The normalized spacial score (nSPS) is 13.8. The van der Waals surface area contributed by atoms with Crippen molar-refractivity contribution in [1.29, 1.82) is 0 Å². The van der Waals surface area contributed by atoms with Crippen molar-refractivity contribution in [2.45, 2.75) is 341 Å². The zero-order chi connectivity index (χ0) is 68.6. The summed E-state index contributed by atoms with van der Waals surface area (Å²) in [6.45, 7) is 3.62. The molecule has 10 heteroatoms. The maximum atomic E-state index is 12.8. The third-order valence-corrected chi connectivity index (χ3v) is 17.4. The number of unbranched alkanes of at least 4 members (excludes halogenated alkanes) is 33. The molecular formula is C85H144NO8P. The fourth-order valence-corrected chi connectivity index (χ4v) is 11.4. The molecule has 0 heterocycles. The summed E-state index contributed by atoms with van der Waals surface area (Å²) in [5.74, 6) is -0.855. The van der Waals surface area contributed by atoms with E-state index in [-0.39, 0.29) is 38.6 Å². The summed E-state index contributed by atoms with van der Waals surface area (Å²) in [6.07, 6.45) is 115. The van der Waals surface area contributed by atoms with Gasteiger partial charge in [0.25, 0.3) is 0 Å². The van der Waals surface area contributed by atoms with Gasteiger partial charge < -0.3 is 20.1 Å². The second-order valence-electron chi connectivity index (χ2n) is 25.5. The molecular weight excluding hydrogens is 1190 g/mol. The van der Waals surface area contributed by atoms with E-state index in [4.69, 9.17) is 24.3 Å². The fraction of sp³-hybridized carbons (Fsp3) is 0.671. The lowest BCUT2D eigenvalue weighted by Crippen LogP contribution is -2.29. The van der Waals surface area contributed by atoms with Crippen molar-refractivity contribution >= 4 is 19.8 Å². The van der Waals surface area contributed by atoms with Gasteiger partial charge in [0.05, 0.1) is 13.2 Å². The number of ether oxygens (including phenoxy) is 2. The van der Waals surface area contributed by atoms with Gasteiger partial charge in [0, 0.05) is 19.4 Å². The molecule has 542 valence electrons. The number of carbonyl (C=O) groups excluding carboxylic acids is 2. The first-order valence-corrected chi connectivity index (χ1v) is 40.5. The quantitative estimate of drug-likeness (QED) is 0.0264. The van der Waals surface area contributed by atoms with E-state index in [1.54, 1.807) is 0 Å². The number of allylic oxidation sites excluding steroid dienone is 26. The summed E-state index contributed by atoms with van der Waals surface area (Å²) in [7, 11) is -4.41. The zero-order valence-electron chi connectivity index (χ0n) is 61.1. The molecule has 95 heavy (non-hydrogen) atoms. The van der Waals surface area contributed by atoms with E-state index in [1.807, 2.05) is 0 Å². The highest BCUT2D eigenvalue weighted by Crippen LogP contribution is 2.43. The van der Waals surface area contributed by atoms with Gasteiger partial charge in [-0.05, 0) is 128 Å². The highest BCUT2D eigenvalue weighted by Gasteiger charge is 2.26. The Kier molecular flexibility index (Phi) is 75.0. The van der Waals surface area contributed by atoms with E-state index in [2.05, 4.69) is 172 Å². The topological polar surface area (TPSA) is 134 Å². The lowest BCUT2D eigenvalue weighted by atomic mass is 10.0. The molecule has 0 aliphatic carbocycles. The van der Waals surface area contributed by atoms with E-state index in [0.29, 0.717) is 6.42 Å². The molecule has 0 fully saturated rings. The Morgan fingerprint density at radius 2 is 0.579 bits per heavy atom. The van der Waals surface area contributed by atoms with Crippen molar-refractivity contribution in [3.63, 3.8) is 0 Å². The third kappa shape index (κ3) is 78.5. The molecule has 0 amide bonds. The Morgan fingerprint density at radius 3 is 0.874 bits per heavy atom. The summed E-state index contributed by atoms with van der Waals surface area (Å²) in [4.78, 5) is 35.4. The van der Waals surface area contributed by atoms with Gasteiger partial charge in [0.1, 0.15) is 6.61 Å². The van der Waals surface area contributed by atoms with Crippen molar-refractivity contribution < 1.29 is 37.6 Å². The van der Waals surface area contributed by atoms with Crippen LogP contribution in [0.2, 0.25) is 0 Å². The van der Waals surface area contributed by atoms with Gasteiger partial charge in [-0.3, -0.25) is 18.6 Å². The lowest BCUT2D eigenvalue weighted by molar-refractivity contribution is -0.161. The van der Waals surface area contributed by atoms with Gasteiger partial charge in [0.2, 0.25) is 0 Å². The average molecular weight is 1340 g/mol. The highest BCUT2D eigenvalue weighted by molar-refractivity contribution is 7.47. The first-order valence-electron chi connectivity index (χ1n) is 39.0. The minimum atomic E-state index is -4.41. The second-order valence-corrected chi connectivity index (χ2v) is 26.9. The molecule has 0 aromatic carbocycles. The minimum Gasteiger partial charge on any atom is -0.462 e. The van der Waals surface area contributed by atoms with Gasteiger partial charge in [-0.1, -0.05) is 352 Å². The Bertz CT molecular complexity index is 2120. The van der Waals surface area contributed by atoms with Crippen LogP contribution in [0.15, 0.2) is 158 Å². The van der Waals surface area contributed by atoms with E-state index < -0.39 is 26.5 Å². The van der Waals surface area contributed by atoms with E-state index in [9.17, 15) is 19.0 Å². The minimum absolute atomic E-state index is 0.0426. The van der Waals surface area contributed by atoms with Crippen LogP contribution in [0, 0.1) is 0 Å². The van der Waals surface area contributed by atoms with Crippen LogP contribution in [0.5, 0.6) is 0 Å². The number of rotatable bonds is 72. The Morgan fingerprint density at radius 1 is 0.326 bits per heavy atom. The third-order valence-electron chi connectivity index (χ3n) is 16.4. The van der Waals surface area contributed by atoms with Crippen LogP contribution in [0.3, 0.4) is 0 Å². The van der Waals surface area contributed by atoms with E-state index >= 15 is 0 Å². The van der Waals surface area contributed by atoms with Gasteiger partial charge >= 0.3 is 19.8 Å². The molecule has 0 saturated carbocycles. The molecule has 0 radical (unpaired) electrons. The summed E-state index contributed by atoms with van der Waals surface area (Å²) in [5, 5.41) is 0. The molecule has 0 aromatic rings. The van der Waals surface area contributed by atoms with Crippen LogP contribution in [0.4, 0.5) is 0 Å². The molecule has 0 spiro atoms. The van der Waals surface area contributed by atoms with Crippen LogP contribution < -0.4 is 5.73 Å². The van der Waals surface area contributed by atoms with Crippen molar-refractivity contribution in [1.82, 2.24) is 0 Å². The summed E-state index contributed by atoms with van der Waals surface area (Å²) >= 11 is 0. The molecule has 0 saturated heterocycles. The van der Waals surface area contributed by atoms with Crippen molar-refractivity contribution in [3.05, 3.63) is 158 Å². The molecule has 9 nitrogen and oxygen atoms in total. The number of nitrogens with two attached hydrogens (primary N) is 1. The molecule has 0 rings (SSSR count). The van der Waals surface area contributed by atoms with E-state index in [0.717, 1.165) is 122 Å². The number of hydrogen-bond donors (Lipinski definition) is 2. The molecule has 2 unspecified atom stereocenters. The largest absolute Gasteiger partial charge is 0.472 e.